The van der Waals surface area contributed by atoms with Gasteiger partial charge in [0.2, 0.25) is 5.91 Å². The molecular formula is C26H30N2O7. The summed E-state index contributed by atoms with van der Waals surface area (Å²) in [6, 6.07) is 15.1. The Morgan fingerprint density at radius 3 is 2.31 bits per heavy atom. The SMILES string of the molecule is CCOC(CNC(=O)OCC1c2ccccc2-c2ccccc21)CC(=O)N1C[C@H](O)C[C@H]1C(=O)O. The van der Waals surface area contributed by atoms with Gasteiger partial charge in [-0.3, -0.25) is 4.79 Å². The number of aliphatic hydroxyl groups is 1. The Bertz CT molecular complexity index is 1040. The second kappa shape index (κ2) is 10.9. The predicted molar refractivity (Wildman–Crippen MR) is 127 cm³/mol. The van der Waals surface area contributed by atoms with Crippen LogP contribution in [-0.2, 0) is 19.1 Å². The molecule has 2 aromatic rings. The Morgan fingerprint density at radius 1 is 1.09 bits per heavy atom. The lowest BCUT2D eigenvalue weighted by Crippen LogP contribution is -2.44. The van der Waals surface area contributed by atoms with Crippen molar-refractivity contribution in [1.29, 1.82) is 0 Å². The van der Waals surface area contributed by atoms with Crippen LogP contribution < -0.4 is 5.32 Å². The Kier molecular flexibility index (Phi) is 7.67. The van der Waals surface area contributed by atoms with Crippen LogP contribution in [0.15, 0.2) is 48.5 Å². The van der Waals surface area contributed by atoms with Crippen molar-refractivity contribution in [2.75, 3.05) is 26.3 Å². The number of aliphatic carboxylic acids is 1. The summed E-state index contributed by atoms with van der Waals surface area (Å²) in [5.74, 6) is -1.66. The Hall–Kier alpha value is -3.43. The third kappa shape index (κ3) is 5.47. The van der Waals surface area contributed by atoms with E-state index in [4.69, 9.17) is 9.47 Å². The van der Waals surface area contributed by atoms with Gasteiger partial charge < -0.3 is 29.9 Å². The van der Waals surface area contributed by atoms with E-state index in [0.29, 0.717) is 6.61 Å². The molecule has 1 aliphatic carbocycles. The number of ether oxygens (including phenoxy) is 2. The quantitative estimate of drug-likeness (QED) is 0.501. The smallest absolute Gasteiger partial charge is 0.407 e. The van der Waals surface area contributed by atoms with Crippen molar-refractivity contribution >= 4 is 18.0 Å². The zero-order valence-corrected chi connectivity index (χ0v) is 19.6. The maximum absolute atomic E-state index is 12.7. The highest BCUT2D eigenvalue weighted by Crippen LogP contribution is 2.44. The number of fused-ring (bicyclic) bond motifs is 3. The molecule has 3 N–H and O–H groups in total. The molecule has 4 rings (SSSR count). The van der Waals surface area contributed by atoms with Crippen LogP contribution in [0.2, 0.25) is 0 Å². The van der Waals surface area contributed by atoms with E-state index in [0.717, 1.165) is 27.2 Å². The number of amides is 2. The molecule has 1 saturated heterocycles. The lowest BCUT2D eigenvalue weighted by Gasteiger charge is -2.24. The van der Waals surface area contributed by atoms with Gasteiger partial charge in [-0.25, -0.2) is 9.59 Å². The number of hydrogen-bond acceptors (Lipinski definition) is 6. The summed E-state index contributed by atoms with van der Waals surface area (Å²) in [6.45, 7) is 2.25. The number of nitrogens with zero attached hydrogens (tertiary/aromatic N) is 1. The zero-order valence-electron chi connectivity index (χ0n) is 19.6. The number of carbonyl (C=O) groups is 3. The van der Waals surface area contributed by atoms with E-state index in [9.17, 15) is 24.6 Å². The van der Waals surface area contributed by atoms with Crippen molar-refractivity contribution in [2.45, 2.75) is 43.9 Å². The van der Waals surface area contributed by atoms with Crippen LogP contribution in [0.25, 0.3) is 11.1 Å². The van der Waals surface area contributed by atoms with E-state index >= 15 is 0 Å². The van der Waals surface area contributed by atoms with Crippen LogP contribution >= 0.6 is 0 Å². The molecule has 1 heterocycles. The molecule has 9 nitrogen and oxygen atoms in total. The maximum Gasteiger partial charge on any atom is 0.407 e. The second-order valence-electron chi connectivity index (χ2n) is 8.78. The number of hydrogen-bond donors (Lipinski definition) is 3. The molecule has 2 aliphatic rings. The first-order valence-electron chi connectivity index (χ1n) is 11.8. The lowest BCUT2D eigenvalue weighted by molar-refractivity contribution is -0.149. The van der Waals surface area contributed by atoms with Crippen LogP contribution in [0.1, 0.15) is 36.8 Å². The van der Waals surface area contributed by atoms with E-state index in [1.165, 1.54) is 0 Å². The van der Waals surface area contributed by atoms with Crippen LogP contribution in [0.5, 0.6) is 0 Å². The third-order valence-corrected chi connectivity index (χ3v) is 6.51. The molecule has 3 atom stereocenters. The molecule has 9 heteroatoms. The monoisotopic (exact) mass is 482 g/mol. The van der Waals surface area contributed by atoms with Gasteiger partial charge in [0.1, 0.15) is 12.6 Å². The van der Waals surface area contributed by atoms with Crippen LogP contribution in [-0.4, -0.2) is 77.6 Å². The molecule has 186 valence electrons. The van der Waals surface area contributed by atoms with Crippen molar-refractivity contribution < 1.29 is 34.1 Å². The van der Waals surface area contributed by atoms with Crippen LogP contribution in [0.3, 0.4) is 0 Å². The van der Waals surface area contributed by atoms with E-state index < -0.39 is 36.2 Å². The van der Waals surface area contributed by atoms with Crippen molar-refractivity contribution in [3.05, 3.63) is 59.7 Å². The molecule has 35 heavy (non-hydrogen) atoms. The number of rotatable bonds is 9. The fraction of sp³-hybridized carbons (Fsp3) is 0.423. The first-order valence-corrected chi connectivity index (χ1v) is 11.8. The van der Waals surface area contributed by atoms with Crippen LogP contribution in [0.4, 0.5) is 4.79 Å². The van der Waals surface area contributed by atoms with E-state index in [1.54, 1.807) is 6.92 Å². The summed E-state index contributed by atoms with van der Waals surface area (Å²) in [5, 5.41) is 21.8. The Labute approximate surface area is 203 Å². The molecule has 0 aromatic heterocycles. The first-order chi connectivity index (χ1) is 16.9. The first kappa shape index (κ1) is 24.7. The normalized spacial score (nSPS) is 19.7. The number of nitrogens with one attached hydrogen (secondary N) is 1. The zero-order chi connectivity index (χ0) is 24.9. The molecule has 0 saturated carbocycles. The number of β-amino-alcohol motifs (C(OH)–C–C–N with tert-alkyl or cyclic N) is 1. The molecule has 2 aromatic carbocycles. The number of benzene rings is 2. The number of alkyl carbamates (subject to hydrolysis) is 1. The van der Waals surface area contributed by atoms with Gasteiger partial charge in [0.05, 0.1) is 18.6 Å². The molecule has 1 unspecified atom stereocenters. The molecule has 1 aliphatic heterocycles. The summed E-state index contributed by atoms with van der Waals surface area (Å²) in [6.07, 6.45) is -2.26. The second-order valence-corrected chi connectivity index (χ2v) is 8.78. The van der Waals surface area contributed by atoms with Gasteiger partial charge in [-0.05, 0) is 29.2 Å². The highest BCUT2D eigenvalue weighted by Gasteiger charge is 2.39. The van der Waals surface area contributed by atoms with Gasteiger partial charge in [-0.2, -0.15) is 0 Å². The Morgan fingerprint density at radius 2 is 1.71 bits per heavy atom. The fourth-order valence-electron chi connectivity index (χ4n) is 4.91. The average molecular weight is 483 g/mol. The number of carboxylic acids is 1. The fourth-order valence-corrected chi connectivity index (χ4v) is 4.91. The molecule has 0 bridgehead atoms. The standard InChI is InChI=1S/C26H30N2O7/c1-2-34-17(12-24(30)28-14-16(29)11-23(28)25(31)32)13-27-26(33)35-15-22-20-9-5-3-7-18(20)19-8-4-6-10-21(19)22/h3-10,16-17,22-23,29H,2,11-15H2,1H3,(H,27,33)(H,31,32)/t16-,17?,23+/m1/s1. The minimum atomic E-state index is -1.15. The number of likely N-dealkylation sites (tertiary alicyclic amines) is 1. The lowest BCUT2D eigenvalue weighted by atomic mass is 9.98. The average Bonchev–Trinajstić information content (AvgIpc) is 3.40. The minimum absolute atomic E-state index is 0.00161. The molecule has 0 radical (unpaired) electrons. The minimum Gasteiger partial charge on any atom is -0.480 e. The van der Waals surface area contributed by atoms with Gasteiger partial charge in [-0.15, -0.1) is 0 Å². The molecular weight excluding hydrogens is 452 g/mol. The van der Waals surface area contributed by atoms with Gasteiger partial charge in [0.25, 0.3) is 0 Å². The number of carbonyl (C=O) groups excluding carboxylic acids is 2. The topological polar surface area (TPSA) is 125 Å². The highest BCUT2D eigenvalue weighted by molar-refractivity contribution is 5.85. The van der Waals surface area contributed by atoms with Crippen molar-refractivity contribution in [2.24, 2.45) is 0 Å². The summed E-state index contributed by atoms with van der Waals surface area (Å²) >= 11 is 0. The number of aliphatic hydroxyl groups excluding tert-OH is 1. The molecule has 0 spiro atoms. The van der Waals surface area contributed by atoms with Crippen molar-refractivity contribution in [3.63, 3.8) is 0 Å². The van der Waals surface area contributed by atoms with E-state index in [1.807, 2.05) is 36.4 Å². The largest absolute Gasteiger partial charge is 0.480 e. The summed E-state index contributed by atoms with van der Waals surface area (Å²) in [7, 11) is 0. The highest BCUT2D eigenvalue weighted by atomic mass is 16.5. The summed E-state index contributed by atoms with van der Waals surface area (Å²) in [4.78, 5) is 37.7. The van der Waals surface area contributed by atoms with Gasteiger partial charge in [-0.1, -0.05) is 48.5 Å². The molecule has 1 fully saturated rings. The van der Waals surface area contributed by atoms with Gasteiger partial charge >= 0.3 is 12.1 Å². The number of carboxylic acid groups (broad SMARTS) is 1. The predicted octanol–water partition coefficient (Wildman–Crippen LogP) is 2.37. The summed E-state index contributed by atoms with van der Waals surface area (Å²) in [5.41, 5.74) is 4.50. The van der Waals surface area contributed by atoms with Crippen molar-refractivity contribution in [3.8, 4) is 11.1 Å². The van der Waals surface area contributed by atoms with E-state index in [-0.39, 0.29) is 38.5 Å². The third-order valence-electron chi connectivity index (χ3n) is 6.51. The van der Waals surface area contributed by atoms with Crippen molar-refractivity contribution in [1.82, 2.24) is 10.2 Å². The maximum atomic E-state index is 12.7. The van der Waals surface area contributed by atoms with E-state index in [2.05, 4.69) is 17.4 Å². The Balaban J connectivity index is 1.32. The van der Waals surface area contributed by atoms with Gasteiger partial charge in [0, 0.05) is 32.0 Å². The van der Waals surface area contributed by atoms with Gasteiger partial charge in [0.15, 0.2) is 0 Å². The molecule has 2 amide bonds. The summed E-state index contributed by atoms with van der Waals surface area (Å²) < 4.78 is 11.1. The van der Waals surface area contributed by atoms with Crippen LogP contribution in [0, 0.1) is 0 Å².